The minimum absolute atomic E-state index is 0.0000348. The highest BCUT2D eigenvalue weighted by atomic mass is 35.5. The van der Waals surface area contributed by atoms with Crippen LogP contribution in [-0.4, -0.2) is 36.9 Å². The number of fused-ring (bicyclic) bond motifs is 3. The molecule has 6 nitrogen and oxygen atoms in total. The van der Waals surface area contributed by atoms with Crippen molar-refractivity contribution in [3.8, 4) is 22.6 Å². The number of carbonyl (C=O) groups excluding carboxylic acids is 1. The SMILES string of the molecule is CCOC(=O)C1=C(O)CC2=C(CCc3nc4ccc(Cl)cc4c(-c4ccccc4)c32)C1c1ccc(OC)c(OC)c1. The number of aryl methyl sites for hydroxylation is 1. The number of rotatable bonds is 6. The Bertz CT molecular complexity index is 1740. The number of allylic oxidation sites excluding steroid dienone is 2. The summed E-state index contributed by atoms with van der Waals surface area (Å²) in [6, 6.07) is 21.6. The van der Waals surface area contributed by atoms with Crippen LogP contribution >= 0.6 is 11.6 Å². The molecule has 0 saturated carbocycles. The summed E-state index contributed by atoms with van der Waals surface area (Å²) in [6.07, 6.45) is 1.57. The summed E-state index contributed by atoms with van der Waals surface area (Å²) in [5, 5.41) is 13.1. The van der Waals surface area contributed by atoms with Crippen LogP contribution in [0.4, 0.5) is 0 Å². The van der Waals surface area contributed by atoms with Crippen molar-refractivity contribution in [2.75, 3.05) is 20.8 Å². The third-order valence-corrected chi connectivity index (χ3v) is 8.17. The highest BCUT2D eigenvalue weighted by Crippen LogP contribution is 2.52. The number of aliphatic hydroxyl groups excluding tert-OH is 1. The number of benzene rings is 3. The third kappa shape index (κ3) is 4.62. The first-order valence-corrected chi connectivity index (χ1v) is 14.0. The van der Waals surface area contributed by atoms with E-state index in [4.69, 9.17) is 30.8 Å². The lowest BCUT2D eigenvalue weighted by Crippen LogP contribution is -2.25. The monoisotopic (exact) mass is 567 g/mol. The quantitative estimate of drug-likeness (QED) is 0.239. The number of hydrogen-bond acceptors (Lipinski definition) is 6. The van der Waals surface area contributed by atoms with Crippen LogP contribution in [-0.2, 0) is 16.0 Å². The molecule has 0 bridgehead atoms. The molecule has 4 aromatic rings. The molecule has 0 spiro atoms. The summed E-state index contributed by atoms with van der Waals surface area (Å²) in [5.74, 6) is 0.0854. The second kappa shape index (κ2) is 10.9. The molecule has 1 heterocycles. The number of hydrogen-bond donors (Lipinski definition) is 1. The number of esters is 1. The Morgan fingerprint density at radius 3 is 2.49 bits per heavy atom. The number of pyridine rings is 1. The number of methoxy groups -OCH3 is 2. The normalized spacial score (nSPS) is 16.3. The number of halogens is 1. The number of carbonyl (C=O) groups is 1. The molecule has 3 aromatic carbocycles. The Labute approximate surface area is 243 Å². The maximum Gasteiger partial charge on any atom is 0.338 e. The van der Waals surface area contributed by atoms with Crippen LogP contribution in [0.5, 0.6) is 11.5 Å². The maximum absolute atomic E-state index is 13.3. The standard InChI is InChI=1S/C34H30ClNO5/c1-4-41-34(38)33-27(37)18-23-22(31(33)20-10-15-28(39-2)29(16-20)40-3)12-14-26-32(23)30(19-8-6-5-7-9-19)24-17-21(35)11-13-25(24)36-26/h5-11,13,15-17,31,37H,4,12,14,18H2,1-3H3. The van der Waals surface area contributed by atoms with E-state index in [9.17, 15) is 9.90 Å². The molecule has 0 amide bonds. The van der Waals surface area contributed by atoms with Gasteiger partial charge in [0, 0.05) is 39.6 Å². The molecule has 41 heavy (non-hydrogen) atoms. The van der Waals surface area contributed by atoms with Gasteiger partial charge in [-0.15, -0.1) is 0 Å². The van der Waals surface area contributed by atoms with Crippen molar-refractivity contribution >= 4 is 34.0 Å². The van der Waals surface area contributed by atoms with E-state index >= 15 is 0 Å². The van der Waals surface area contributed by atoms with Crippen molar-refractivity contribution in [1.29, 1.82) is 0 Å². The molecule has 6 rings (SSSR count). The smallest absolute Gasteiger partial charge is 0.338 e. The Hall–Kier alpha value is -4.29. The van der Waals surface area contributed by atoms with Crippen LogP contribution in [0.2, 0.25) is 5.02 Å². The molecule has 1 aromatic heterocycles. The molecule has 0 aliphatic heterocycles. The number of aliphatic hydroxyl groups is 1. The first kappa shape index (κ1) is 26.9. The van der Waals surface area contributed by atoms with E-state index in [2.05, 4.69) is 12.1 Å². The first-order chi connectivity index (χ1) is 19.9. The summed E-state index contributed by atoms with van der Waals surface area (Å²) in [4.78, 5) is 18.4. The van der Waals surface area contributed by atoms with Crippen molar-refractivity contribution in [3.63, 3.8) is 0 Å². The van der Waals surface area contributed by atoms with Crippen molar-refractivity contribution in [1.82, 2.24) is 4.98 Å². The lowest BCUT2D eigenvalue weighted by Gasteiger charge is -2.35. The fourth-order valence-electron chi connectivity index (χ4n) is 6.23. The van der Waals surface area contributed by atoms with Gasteiger partial charge >= 0.3 is 5.97 Å². The van der Waals surface area contributed by atoms with Crippen LogP contribution in [0.1, 0.15) is 42.5 Å². The molecule has 208 valence electrons. The largest absolute Gasteiger partial charge is 0.511 e. The average Bonchev–Trinajstić information content (AvgIpc) is 2.99. The van der Waals surface area contributed by atoms with Crippen LogP contribution in [0.15, 0.2) is 83.6 Å². The molecule has 1 atom stereocenters. The van der Waals surface area contributed by atoms with Gasteiger partial charge in [0.1, 0.15) is 5.76 Å². The van der Waals surface area contributed by atoms with Gasteiger partial charge in [0.15, 0.2) is 11.5 Å². The van der Waals surface area contributed by atoms with E-state index in [1.54, 1.807) is 21.1 Å². The minimum Gasteiger partial charge on any atom is -0.511 e. The zero-order valence-corrected chi connectivity index (χ0v) is 23.9. The van der Waals surface area contributed by atoms with Crippen LogP contribution in [0, 0.1) is 0 Å². The van der Waals surface area contributed by atoms with Gasteiger partial charge in [-0.3, -0.25) is 4.98 Å². The maximum atomic E-state index is 13.3. The van der Waals surface area contributed by atoms with Gasteiger partial charge in [-0.1, -0.05) is 53.6 Å². The predicted octanol–water partition coefficient (Wildman–Crippen LogP) is 7.83. The fraction of sp³-hybridized carbons (Fsp3) is 0.235. The van der Waals surface area contributed by atoms with Gasteiger partial charge in [-0.05, 0) is 66.8 Å². The average molecular weight is 568 g/mol. The predicted molar refractivity (Wildman–Crippen MR) is 161 cm³/mol. The van der Waals surface area contributed by atoms with Gasteiger partial charge in [0.25, 0.3) is 0 Å². The second-order valence-corrected chi connectivity index (χ2v) is 10.6. The molecule has 2 aliphatic rings. The van der Waals surface area contributed by atoms with Gasteiger partial charge in [0.05, 0.1) is 31.9 Å². The van der Waals surface area contributed by atoms with Crippen molar-refractivity contribution in [2.45, 2.75) is 32.1 Å². The van der Waals surface area contributed by atoms with Gasteiger partial charge in [-0.25, -0.2) is 4.79 Å². The molecule has 0 saturated heterocycles. The highest BCUT2D eigenvalue weighted by molar-refractivity contribution is 6.31. The summed E-state index contributed by atoms with van der Waals surface area (Å²) in [7, 11) is 3.17. The second-order valence-electron chi connectivity index (χ2n) is 10.1. The van der Waals surface area contributed by atoms with Gasteiger partial charge in [-0.2, -0.15) is 0 Å². The Balaban J connectivity index is 1.65. The molecule has 2 aliphatic carbocycles. The Morgan fingerprint density at radius 2 is 1.76 bits per heavy atom. The van der Waals surface area contributed by atoms with Crippen LogP contribution in [0.3, 0.4) is 0 Å². The number of nitrogens with zero attached hydrogens (tertiary/aromatic N) is 1. The van der Waals surface area contributed by atoms with E-state index in [1.807, 2.05) is 54.6 Å². The van der Waals surface area contributed by atoms with E-state index in [-0.39, 0.29) is 24.4 Å². The molecule has 1 N–H and O–H groups in total. The Kier molecular flexibility index (Phi) is 7.18. The summed E-state index contributed by atoms with van der Waals surface area (Å²) >= 11 is 6.50. The summed E-state index contributed by atoms with van der Waals surface area (Å²) in [5.41, 5.74) is 8.01. The summed E-state index contributed by atoms with van der Waals surface area (Å²) < 4.78 is 16.5. The first-order valence-electron chi connectivity index (χ1n) is 13.7. The van der Waals surface area contributed by atoms with E-state index in [0.717, 1.165) is 50.0 Å². The van der Waals surface area contributed by atoms with Crippen molar-refractivity contribution in [2.24, 2.45) is 0 Å². The third-order valence-electron chi connectivity index (χ3n) is 7.93. The fourth-order valence-corrected chi connectivity index (χ4v) is 6.40. The molecule has 7 heteroatoms. The zero-order valence-electron chi connectivity index (χ0n) is 23.2. The topological polar surface area (TPSA) is 77.9 Å². The lowest BCUT2D eigenvalue weighted by atomic mass is 9.69. The van der Waals surface area contributed by atoms with Crippen LogP contribution < -0.4 is 9.47 Å². The molecule has 0 radical (unpaired) electrons. The molecular formula is C34H30ClNO5. The minimum atomic E-state index is -0.524. The van der Waals surface area contributed by atoms with Crippen molar-refractivity contribution < 1.29 is 24.1 Å². The number of ether oxygens (including phenoxy) is 3. The van der Waals surface area contributed by atoms with E-state index in [0.29, 0.717) is 29.4 Å². The van der Waals surface area contributed by atoms with Crippen LogP contribution in [0.25, 0.3) is 27.6 Å². The summed E-state index contributed by atoms with van der Waals surface area (Å²) in [6.45, 7) is 1.97. The van der Waals surface area contributed by atoms with Crippen molar-refractivity contribution in [3.05, 3.63) is 105 Å². The van der Waals surface area contributed by atoms with Gasteiger partial charge < -0.3 is 19.3 Å². The molecule has 0 fully saturated rings. The van der Waals surface area contributed by atoms with E-state index < -0.39 is 11.9 Å². The van der Waals surface area contributed by atoms with E-state index in [1.165, 1.54) is 0 Å². The Morgan fingerprint density at radius 1 is 0.976 bits per heavy atom. The zero-order chi connectivity index (χ0) is 28.7. The lowest BCUT2D eigenvalue weighted by molar-refractivity contribution is -0.139. The van der Waals surface area contributed by atoms with Gasteiger partial charge in [0.2, 0.25) is 0 Å². The highest BCUT2D eigenvalue weighted by Gasteiger charge is 2.40. The number of aromatic nitrogens is 1. The molecule has 1 unspecified atom stereocenters. The molecular weight excluding hydrogens is 538 g/mol.